The molecule has 1 aromatic heterocycles. The summed E-state index contributed by atoms with van der Waals surface area (Å²) in [5.41, 5.74) is 3.30. The van der Waals surface area contributed by atoms with E-state index in [0.29, 0.717) is 6.54 Å². The number of nitrogens with zero attached hydrogens (tertiary/aromatic N) is 1. The van der Waals surface area contributed by atoms with Crippen molar-refractivity contribution >= 4 is 11.0 Å². The maximum absolute atomic E-state index is 9.03. The summed E-state index contributed by atoms with van der Waals surface area (Å²) >= 11 is 0. The molecule has 0 spiro atoms. The highest BCUT2D eigenvalue weighted by Crippen LogP contribution is 2.21. The van der Waals surface area contributed by atoms with Crippen LogP contribution in [0, 0.1) is 0 Å². The zero-order valence-electron chi connectivity index (χ0n) is 11.8. The summed E-state index contributed by atoms with van der Waals surface area (Å²) in [4.78, 5) is 8.08. The Balaban J connectivity index is 1.87. The van der Waals surface area contributed by atoms with E-state index in [1.54, 1.807) is 0 Å². The van der Waals surface area contributed by atoms with Gasteiger partial charge >= 0.3 is 0 Å². The smallest absolute Gasteiger partial charge is 0.111 e. The number of benzene rings is 2. The Bertz CT molecular complexity index is 660. The van der Waals surface area contributed by atoms with Crippen LogP contribution in [0.15, 0.2) is 54.6 Å². The fourth-order valence-electron chi connectivity index (χ4n) is 2.57. The monoisotopic (exact) mass is 281 g/mol. The van der Waals surface area contributed by atoms with Crippen molar-refractivity contribution in [1.29, 1.82) is 0 Å². The topological polar surface area (TPSA) is 60.9 Å². The molecule has 3 rings (SSSR count). The van der Waals surface area contributed by atoms with E-state index in [2.05, 4.69) is 27.4 Å². The molecule has 0 bridgehead atoms. The molecule has 0 saturated carbocycles. The molecular weight excluding hydrogens is 262 g/mol. The number of aliphatic hydroxyl groups excluding tert-OH is 1. The lowest BCUT2D eigenvalue weighted by Crippen LogP contribution is -2.24. The van der Waals surface area contributed by atoms with Crippen LogP contribution in [0.3, 0.4) is 0 Å². The number of H-pyrrole nitrogens is 1. The molecule has 0 aliphatic heterocycles. The molecule has 0 fully saturated rings. The summed E-state index contributed by atoms with van der Waals surface area (Å²) in [6, 6.07) is 18.4. The summed E-state index contributed by atoms with van der Waals surface area (Å²) in [5, 5.41) is 12.0. The molecule has 4 heteroatoms. The largest absolute Gasteiger partial charge is 0.381 e. The van der Waals surface area contributed by atoms with Crippen LogP contribution >= 0.6 is 0 Å². The highest BCUT2D eigenvalue weighted by atomic mass is 16.3. The Labute approximate surface area is 123 Å². The minimum atomic E-state index is -0.0223. The van der Waals surface area contributed by atoms with Gasteiger partial charge in [0.15, 0.2) is 0 Å². The molecule has 3 N–H and O–H groups in total. The van der Waals surface area contributed by atoms with Gasteiger partial charge in [-0.15, -0.1) is 0 Å². The van der Waals surface area contributed by atoms with Crippen LogP contribution in [0.5, 0.6) is 0 Å². The first-order valence-corrected chi connectivity index (χ1v) is 7.17. The van der Waals surface area contributed by atoms with Crippen LogP contribution in [-0.4, -0.2) is 28.4 Å². The van der Waals surface area contributed by atoms with Gasteiger partial charge in [-0.3, -0.25) is 5.32 Å². The van der Waals surface area contributed by atoms with Gasteiger partial charge < -0.3 is 10.1 Å². The number of rotatable bonds is 6. The second kappa shape index (κ2) is 6.52. The summed E-state index contributed by atoms with van der Waals surface area (Å²) in [6.07, 6.45) is 0.883. The molecule has 0 aliphatic rings. The van der Waals surface area contributed by atoms with Gasteiger partial charge in [-0.25, -0.2) is 4.98 Å². The highest BCUT2D eigenvalue weighted by molar-refractivity contribution is 5.74. The predicted molar refractivity (Wildman–Crippen MR) is 84.1 cm³/mol. The van der Waals surface area contributed by atoms with E-state index in [9.17, 15) is 0 Å². The minimum Gasteiger partial charge on any atom is -0.381 e. The molecule has 1 unspecified atom stereocenters. The summed E-state index contributed by atoms with van der Waals surface area (Å²) in [5.74, 6) is 1.16. The van der Waals surface area contributed by atoms with E-state index in [1.807, 2.05) is 42.5 Å². The van der Waals surface area contributed by atoms with Crippen molar-refractivity contribution in [1.82, 2.24) is 15.3 Å². The summed E-state index contributed by atoms with van der Waals surface area (Å²) < 4.78 is 0. The highest BCUT2D eigenvalue weighted by Gasteiger charge is 2.16. The molecule has 0 aliphatic carbocycles. The van der Waals surface area contributed by atoms with E-state index in [4.69, 9.17) is 5.11 Å². The summed E-state index contributed by atoms with van der Waals surface area (Å²) in [7, 11) is 0. The van der Waals surface area contributed by atoms with Gasteiger partial charge in [0.05, 0.1) is 17.8 Å². The van der Waals surface area contributed by atoms with Gasteiger partial charge in [-0.1, -0.05) is 42.5 Å². The fraction of sp³-hybridized carbons (Fsp3) is 0.235. The second-order valence-corrected chi connectivity index (χ2v) is 5.14. The van der Waals surface area contributed by atoms with Crippen LogP contribution in [0.25, 0.3) is 11.0 Å². The Kier molecular flexibility index (Phi) is 4.28. The number of hydrogen-bond donors (Lipinski definition) is 3. The molecule has 0 amide bonds. The molecule has 0 radical (unpaired) electrons. The van der Waals surface area contributed by atoms with E-state index in [-0.39, 0.29) is 12.6 Å². The number of fused-ring (bicyclic) bond motifs is 1. The second-order valence-electron chi connectivity index (χ2n) is 5.14. The van der Waals surface area contributed by atoms with Crippen molar-refractivity contribution in [2.24, 2.45) is 0 Å². The zero-order chi connectivity index (χ0) is 14.5. The third-order valence-electron chi connectivity index (χ3n) is 3.62. The predicted octanol–water partition coefficient (Wildman–Crippen LogP) is 2.43. The summed E-state index contributed by atoms with van der Waals surface area (Å²) in [6.45, 7) is 0.663. The van der Waals surface area contributed by atoms with E-state index in [1.165, 1.54) is 5.56 Å². The minimum absolute atomic E-state index is 0.0223. The Morgan fingerprint density at radius 1 is 1.05 bits per heavy atom. The van der Waals surface area contributed by atoms with Crippen molar-refractivity contribution in [3.63, 3.8) is 0 Å². The molecule has 108 valence electrons. The molecular formula is C17H19N3O. The number of imidazole rings is 1. The van der Waals surface area contributed by atoms with Crippen LogP contribution in [-0.2, 0) is 6.42 Å². The Hall–Kier alpha value is -2.17. The van der Waals surface area contributed by atoms with Gasteiger partial charge in [0.25, 0.3) is 0 Å². The molecule has 2 aromatic carbocycles. The molecule has 1 heterocycles. The lowest BCUT2D eigenvalue weighted by molar-refractivity contribution is 0.256. The first-order chi connectivity index (χ1) is 10.4. The van der Waals surface area contributed by atoms with Gasteiger partial charge in [0.2, 0.25) is 0 Å². The maximum Gasteiger partial charge on any atom is 0.111 e. The van der Waals surface area contributed by atoms with Crippen LogP contribution in [0.2, 0.25) is 0 Å². The average Bonchev–Trinajstić information content (AvgIpc) is 2.96. The van der Waals surface area contributed by atoms with Crippen molar-refractivity contribution in [2.75, 3.05) is 13.3 Å². The molecule has 0 saturated heterocycles. The number of aromatic nitrogens is 2. The van der Waals surface area contributed by atoms with Gasteiger partial charge in [-0.2, -0.15) is 0 Å². The fourth-order valence-corrected chi connectivity index (χ4v) is 2.57. The van der Waals surface area contributed by atoms with Gasteiger partial charge in [0.1, 0.15) is 5.82 Å². The number of aromatic amines is 1. The lowest BCUT2D eigenvalue weighted by Gasteiger charge is -2.14. The number of hydrogen-bond acceptors (Lipinski definition) is 3. The van der Waals surface area contributed by atoms with Crippen LogP contribution < -0.4 is 5.32 Å². The van der Waals surface area contributed by atoms with E-state index >= 15 is 0 Å². The Morgan fingerprint density at radius 3 is 2.57 bits per heavy atom. The van der Waals surface area contributed by atoms with Crippen molar-refractivity contribution in [2.45, 2.75) is 12.3 Å². The standard InChI is InChI=1S/C17H19N3O/c21-12-18-11-14(10-13-6-2-1-3-7-13)17-19-15-8-4-5-9-16(15)20-17/h1-9,14,18,21H,10-12H2,(H,19,20). The number of aliphatic hydroxyl groups is 1. The molecule has 4 nitrogen and oxygen atoms in total. The lowest BCUT2D eigenvalue weighted by atomic mass is 9.98. The first kappa shape index (κ1) is 13.8. The third-order valence-corrected chi connectivity index (χ3v) is 3.62. The van der Waals surface area contributed by atoms with Crippen LogP contribution in [0.4, 0.5) is 0 Å². The van der Waals surface area contributed by atoms with Gasteiger partial charge in [0, 0.05) is 12.5 Å². The zero-order valence-corrected chi connectivity index (χ0v) is 11.8. The number of nitrogens with one attached hydrogen (secondary N) is 2. The average molecular weight is 281 g/mol. The quantitative estimate of drug-likeness (QED) is 0.608. The normalized spacial score (nSPS) is 12.6. The molecule has 1 atom stereocenters. The van der Waals surface area contributed by atoms with Crippen molar-refractivity contribution in [3.05, 3.63) is 66.0 Å². The van der Waals surface area contributed by atoms with Gasteiger partial charge in [-0.05, 0) is 24.1 Å². The van der Waals surface area contributed by atoms with E-state index in [0.717, 1.165) is 23.3 Å². The van der Waals surface area contributed by atoms with E-state index < -0.39 is 0 Å². The SMILES string of the molecule is OCNCC(Cc1ccccc1)c1nc2ccccc2[nH]1. The Morgan fingerprint density at radius 2 is 1.81 bits per heavy atom. The molecule has 3 aromatic rings. The molecule has 21 heavy (non-hydrogen) atoms. The van der Waals surface area contributed by atoms with Crippen molar-refractivity contribution in [3.8, 4) is 0 Å². The van der Waals surface area contributed by atoms with Crippen molar-refractivity contribution < 1.29 is 5.11 Å². The maximum atomic E-state index is 9.03. The first-order valence-electron chi connectivity index (χ1n) is 7.17. The van der Waals surface area contributed by atoms with Crippen LogP contribution in [0.1, 0.15) is 17.3 Å². The third kappa shape index (κ3) is 3.29. The number of para-hydroxylation sites is 2.